The van der Waals surface area contributed by atoms with Crippen LogP contribution in [0, 0.1) is 12.7 Å². The van der Waals surface area contributed by atoms with Gasteiger partial charge in [-0.3, -0.25) is 0 Å². The Labute approximate surface area is 154 Å². The number of aryl methyl sites for hydroxylation is 2. The van der Waals surface area contributed by atoms with E-state index in [-0.39, 0.29) is 5.82 Å². The van der Waals surface area contributed by atoms with E-state index in [2.05, 4.69) is 43.6 Å². The van der Waals surface area contributed by atoms with Crippen molar-refractivity contribution in [1.29, 1.82) is 0 Å². The molecule has 0 radical (unpaired) electrons. The van der Waals surface area contributed by atoms with E-state index in [0.717, 1.165) is 49.2 Å². The monoisotopic (exact) mass is 354 g/mol. The fourth-order valence-corrected chi connectivity index (χ4v) is 3.22. The van der Waals surface area contributed by atoms with Crippen LogP contribution in [-0.4, -0.2) is 17.7 Å². The van der Waals surface area contributed by atoms with Gasteiger partial charge >= 0.3 is 0 Å². The highest BCUT2D eigenvalue weighted by Gasteiger charge is 2.07. The summed E-state index contributed by atoms with van der Waals surface area (Å²) in [6.45, 7) is 6.62. The molecular formula is C22H27FN2O. The highest BCUT2D eigenvalue weighted by molar-refractivity contribution is 5.84. The van der Waals surface area contributed by atoms with Crippen molar-refractivity contribution in [3.8, 4) is 5.75 Å². The van der Waals surface area contributed by atoms with Crippen molar-refractivity contribution >= 4 is 10.9 Å². The molecule has 3 aromatic rings. The summed E-state index contributed by atoms with van der Waals surface area (Å²) in [5.74, 6) is 0.783. The van der Waals surface area contributed by atoms with Gasteiger partial charge in [0.05, 0.1) is 12.1 Å². The number of ether oxygens (including phenoxy) is 1. The second-order valence-corrected chi connectivity index (χ2v) is 6.80. The Kier molecular flexibility index (Phi) is 5.94. The van der Waals surface area contributed by atoms with Gasteiger partial charge in [-0.15, -0.1) is 0 Å². The van der Waals surface area contributed by atoms with Gasteiger partial charge in [0.1, 0.15) is 11.6 Å². The first-order chi connectivity index (χ1) is 12.6. The van der Waals surface area contributed by atoms with Gasteiger partial charge < -0.3 is 14.6 Å². The van der Waals surface area contributed by atoms with Crippen molar-refractivity contribution in [3.63, 3.8) is 0 Å². The number of aromatic nitrogens is 1. The SMILES string of the molecule is CCCOc1cc(CNCCc2cn(C)c3cc(F)ccc23)ccc1C. The lowest BCUT2D eigenvalue weighted by Crippen LogP contribution is -2.16. The lowest BCUT2D eigenvalue weighted by atomic mass is 10.1. The minimum atomic E-state index is -0.191. The summed E-state index contributed by atoms with van der Waals surface area (Å²) < 4.78 is 21.2. The third-order valence-electron chi connectivity index (χ3n) is 4.65. The van der Waals surface area contributed by atoms with Crippen molar-refractivity contribution in [3.05, 3.63) is 65.1 Å². The van der Waals surface area contributed by atoms with Gasteiger partial charge in [0, 0.05) is 25.2 Å². The highest BCUT2D eigenvalue weighted by Crippen LogP contribution is 2.22. The molecule has 1 aromatic heterocycles. The van der Waals surface area contributed by atoms with E-state index in [0.29, 0.717) is 0 Å². The summed E-state index contributed by atoms with van der Waals surface area (Å²) >= 11 is 0. The molecule has 3 rings (SSSR count). The van der Waals surface area contributed by atoms with Crippen LogP contribution in [0.3, 0.4) is 0 Å². The number of fused-ring (bicyclic) bond motifs is 1. The molecule has 0 saturated heterocycles. The molecule has 4 heteroatoms. The molecule has 1 heterocycles. The van der Waals surface area contributed by atoms with Crippen LogP contribution in [-0.2, 0) is 20.0 Å². The van der Waals surface area contributed by atoms with E-state index in [4.69, 9.17) is 4.74 Å². The summed E-state index contributed by atoms with van der Waals surface area (Å²) in [7, 11) is 1.96. The third kappa shape index (κ3) is 4.25. The molecule has 0 aliphatic heterocycles. The molecule has 0 spiro atoms. The lowest BCUT2D eigenvalue weighted by Gasteiger charge is -2.11. The zero-order chi connectivity index (χ0) is 18.5. The van der Waals surface area contributed by atoms with E-state index in [1.54, 1.807) is 6.07 Å². The Morgan fingerprint density at radius 1 is 1.15 bits per heavy atom. The Morgan fingerprint density at radius 3 is 2.81 bits per heavy atom. The number of halogens is 1. The maximum absolute atomic E-state index is 13.4. The molecular weight excluding hydrogens is 327 g/mol. The van der Waals surface area contributed by atoms with E-state index < -0.39 is 0 Å². The van der Waals surface area contributed by atoms with E-state index in [1.807, 2.05) is 17.7 Å². The molecule has 138 valence electrons. The largest absolute Gasteiger partial charge is 0.493 e. The lowest BCUT2D eigenvalue weighted by molar-refractivity contribution is 0.315. The first kappa shape index (κ1) is 18.5. The van der Waals surface area contributed by atoms with Crippen LogP contribution < -0.4 is 10.1 Å². The average molecular weight is 354 g/mol. The molecule has 1 N–H and O–H groups in total. The van der Waals surface area contributed by atoms with Gasteiger partial charge in [-0.2, -0.15) is 0 Å². The van der Waals surface area contributed by atoms with Crippen molar-refractivity contribution in [2.24, 2.45) is 7.05 Å². The number of hydrogen-bond acceptors (Lipinski definition) is 2. The molecule has 26 heavy (non-hydrogen) atoms. The standard InChI is InChI=1S/C22H27FN2O/c1-4-11-26-22-12-17(6-5-16(22)2)14-24-10-9-18-15-25(3)21-13-19(23)7-8-20(18)21/h5-8,12-13,15,24H,4,9-11,14H2,1-3H3. The maximum atomic E-state index is 13.4. The van der Waals surface area contributed by atoms with Crippen LogP contribution in [0.4, 0.5) is 4.39 Å². The van der Waals surface area contributed by atoms with Crippen LogP contribution in [0.15, 0.2) is 42.6 Å². The predicted octanol–water partition coefficient (Wildman–Crippen LogP) is 4.75. The molecule has 0 saturated carbocycles. The predicted molar refractivity (Wildman–Crippen MR) is 105 cm³/mol. The van der Waals surface area contributed by atoms with Crippen LogP contribution in [0.2, 0.25) is 0 Å². The molecule has 3 nitrogen and oxygen atoms in total. The first-order valence-electron chi connectivity index (χ1n) is 9.25. The molecule has 0 bridgehead atoms. The van der Waals surface area contributed by atoms with E-state index in [9.17, 15) is 4.39 Å². The second-order valence-electron chi connectivity index (χ2n) is 6.80. The maximum Gasteiger partial charge on any atom is 0.125 e. The number of nitrogens with zero attached hydrogens (tertiary/aromatic N) is 1. The average Bonchev–Trinajstić information content (AvgIpc) is 2.94. The molecule has 0 unspecified atom stereocenters. The zero-order valence-electron chi connectivity index (χ0n) is 15.8. The Morgan fingerprint density at radius 2 is 2.00 bits per heavy atom. The summed E-state index contributed by atoms with van der Waals surface area (Å²) in [5, 5.41) is 4.63. The van der Waals surface area contributed by atoms with E-state index >= 15 is 0 Å². The molecule has 0 fully saturated rings. The fourth-order valence-electron chi connectivity index (χ4n) is 3.22. The Hall–Kier alpha value is -2.33. The summed E-state index contributed by atoms with van der Waals surface area (Å²) in [6, 6.07) is 11.4. The molecule has 0 atom stereocenters. The number of nitrogens with one attached hydrogen (secondary N) is 1. The quantitative estimate of drug-likeness (QED) is 0.591. The van der Waals surface area contributed by atoms with Crippen molar-refractivity contribution in [2.75, 3.05) is 13.2 Å². The van der Waals surface area contributed by atoms with Crippen molar-refractivity contribution in [2.45, 2.75) is 33.2 Å². The van der Waals surface area contributed by atoms with Crippen molar-refractivity contribution in [1.82, 2.24) is 9.88 Å². The minimum Gasteiger partial charge on any atom is -0.493 e. The summed E-state index contributed by atoms with van der Waals surface area (Å²) in [6.07, 6.45) is 4.01. The second kappa shape index (κ2) is 8.37. The fraction of sp³-hybridized carbons (Fsp3) is 0.364. The third-order valence-corrected chi connectivity index (χ3v) is 4.65. The van der Waals surface area contributed by atoms with Crippen molar-refractivity contribution < 1.29 is 9.13 Å². The Bertz CT molecular complexity index is 885. The number of benzene rings is 2. The Balaban J connectivity index is 1.58. The van der Waals surface area contributed by atoms with Crippen LogP contribution in [0.25, 0.3) is 10.9 Å². The molecule has 2 aromatic carbocycles. The summed E-state index contributed by atoms with van der Waals surface area (Å²) in [4.78, 5) is 0. The molecule has 0 aliphatic rings. The minimum absolute atomic E-state index is 0.191. The van der Waals surface area contributed by atoms with Crippen LogP contribution >= 0.6 is 0 Å². The summed E-state index contributed by atoms with van der Waals surface area (Å²) in [5.41, 5.74) is 4.58. The zero-order valence-corrected chi connectivity index (χ0v) is 15.8. The van der Waals surface area contributed by atoms with Crippen LogP contribution in [0.1, 0.15) is 30.0 Å². The first-order valence-corrected chi connectivity index (χ1v) is 9.25. The smallest absolute Gasteiger partial charge is 0.125 e. The highest BCUT2D eigenvalue weighted by atomic mass is 19.1. The number of rotatable bonds is 8. The normalized spacial score (nSPS) is 11.2. The number of hydrogen-bond donors (Lipinski definition) is 1. The van der Waals surface area contributed by atoms with Gasteiger partial charge in [-0.1, -0.05) is 19.1 Å². The van der Waals surface area contributed by atoms with Gasteiger partial charge in [-0.25, -0.2) is 4.39 Å². The van der Waals surface area contributed by atoms with Crippen LogP contribution in [0.5, 0.6) is 5.75 Å². The van der Waals surface area contributed by atoms with Gasteiger partial charge in [0.25, 0.3) is 0 Å². The van der Waals surface area contributed by atoms with E-state index in [1.165, 1.54) is 22.8 Å². The molecule has 0 aliphatic carbocycles. The van der Waals surface area contributed by atoms with Gasteiger partial charge in [0.2, 0.25) is 0 Å². The van der Waals surface area contributed by atoms with Gasteiger partial charge in [0.15, 0.2) is 0 Å². The topological polar surface area (TPSA) is 26.2 Å². The molecule has 0 amide bonds. The van der Waals surface area contributed by atoms with Gasteiger partial charge in [-0.05, 0) is 67.3 Å².